The number of likely N-dealkylation sites (tertiary alicyclic amines) is 1. The first-order valence-electron chi connectivity index (χ1n) is 10.9. The summed E-state index contributed by atoms with van der Waals surface area (Å²) in [4.78, 5) is 29.7. The molecule has 0 aromatic heterocycles. The van der Waals surface area contributed by atoms with Crippen LogP contribution in [0.1, 0.15) is 44.2 Å². The Morgan fingerprint density at radius 1 is 1.03 bits per heavy atom. The highest BCUT2D eigenvalue weighted by atomic mass is 16.2. The highest BCUT2D eigenvalue weighted by molar-refractivity contribution is 5.92. The molecule has 1 fully saturated rings. The number of rotatable bonds is 7. The number of carbonyl (C=O) groups excluding carboxylic acids is 2. The zero-order valence-corrected chi connectivity index (χ0v) is 18.0. The first-order chi connectivity index (χ1) is 14.6. The Morgan fingerprint density at radius 2 is 1.63 bits per heavy atom. The van der Waals surface area contributed by atoms with Gasteiger partial charge in [-0.2, -0.15) is 0 Å². The van der Waals surface area contributed by atoms with E-state index in [9.17, 15) is 9.59 Å². The molecule has 1 heterocycles. The van der Waals surface area contributed by atoms with Gasteiger partial charge in [0.2, 0.25) is 11.8 Å². The van der Waals surface area contributed by atoms with Gasteiger partial charge >= 0.3 is 0 Å². The van der Waals surface area contributed by atoms with E-state index in [1.165, 1.54) is 0 Å². The lowest BCUT2D eigenvalue weighted by Gasteiger charge is -2.36. The first kappa shape index (κ1) is 21.8. The molecule has 1 aliphatic rings. The van der Waals surface area contributed by atoms with Crippen LogP contribution in [0, 0.1) is 5.92 Å². The second-order valence-electron chi connectivity index (χ2n) is 8.05. The van der Waals surface area contributed by atoms with Crippen molar-refractivity contribution in [3.63, 3.8) is 0 Å². The summed E-state index contributed by atoms with van der Waals surface area (Å²) in [5, 5.41) is 0. The van der Waals surface area contributed by atoms with Gasteiger partial charge in [-0.25, -0.2) is 0 Å². The summed E-state index contributed by atoms with van der Waals surface area (Å²) in [7, 11) is 0. The molecule has 3 rings (SSSR count). The fraction of sp³-hybridized carbons (Fsp3) is 0.385. The SMILES string of the molecule is CCC(C)N(Cc1ccccc1)C(=O)C1CCN(C(=O)C=Cc2ccccc2)CC1. The van der Waals surface area contributed by atoms with Crippen molar-refractivity contribution in [1.29, 1.82) is 0 Å². The van der Waals surface area contributed by atoms with Crippen LogP contribution in [0.3, 0.4) is 0 Å². The minimum absolute atomic E-state index is 0.00938. The average Bonchev–Trinajstić information content (AvgIpc) is 2.81. The molecule has 2 aromatic carbocycles. The smallest absolute Gasteiger partial charge is 0.246 e. The van der Waals surface area contributed by atoms with Crippen LogP contribution < -0.4 is 0 Å². The third-order valence-electron chi connectivity index (χ3n) is 5.98. The zero-order valence-electron chi connectivity index (χ0n) is 18.0. The van der Waals surface area contributed by atoms with Crippen LogP contribution in [0.15, 0.2) is 66.7 Å². The van der Waals surface area contributed by atoms with E-state index >= 15 is 0 Å². The van der Waals surface area contributed by atoms with Crippen LogP contribution >= 0.6 is 0 Å². The minimum Gasteiger partial charge on any atom is -0.339 e. The van der Waals surface area contributed by atoms with E-state index in [4.69, 9.17) is 0 Å². The average molecular weight is 405 g/mol. The molecule has 0 N–H and O–H groups in total. The Labute approximate surface area is 180 Å². The van der Waals surface area contributed by atoms with Gasteiger partial charge in [0.25, 0.3) is 0 Å². The van der Waals surface area contributed by atoms with E-state index in [0.29, 0.717) is 19.6 Å². The molecular formula is C26H32N2O2. The van der Waals surface area contributed by atoms with Gasteiger partial charge < -0.3 is 9.80 Å². The second kappa shape index (κ2) is 10.8. The molecule has 0 bridgehead atoms. The van der Waals surface area contributed by atoms with Crippen LogP contribution in [0.25, 0.3) is 6.08 Å². The van der Waals surface area contributed by atoms with Crippen LogP contribution in [-0.4, -0.2) is 40.7 Å². The van der Waals surface area contributed by atoms with E-state index in [2.05, 4.69) is 26.0 Å². The van der Waals surface area contributed by atoms with Crippen LogP contribution in [0.2, 0.25) is 0 Å². The molecule has 0 spiro atoms. The highest BCUT2D eigenvalue weighted by Crippen LogP contribution is 2.23. The molecule has 1 saturated heterocycles. The van der Waals surface area contributed by atoms with Crippen molar-refractivity contribution >= 4 is 17.9 Å². The fourth-order valence-corrected chi connectivity index (χ4v) is 3.87. The molecular weight excluding hydrogens is 372 g/mol. The fourth-order valence-electron chi connectivity index (χ4n) is 3.87. The summed E-state index contributed by atoms with van der Waals surface area (Å²) in [6.45, 7) is 6.15. The van der Waals surface area contributed by atoms with Crippen LogP contribution in [0.5, 0.6) is 0 Å². The molecule has 2 aromatic rings. The summed E-state index contributed by atoms with van der Waals surface area (Å²) in [5.41, 5.74) is 2.17. The van der Waals surface area contributed by atoms with Crippen LogP contribution in [-0.2, 0) is 16.1 Å². The van der Waals surface area contributed by atoms with Crippen molar-refractivity contribution in [2.24, 2.45) is 5.92 Å². The molecule has 158 valence electrons. The molecule has 0 aliphatic carbocycles. The molecule has 30 heavy (non-hydrogen) atoms. The Kier molecular flexibility index (Phi) is 7.83. The number of amides is 2. The van der Waals surface area contributed by atoms with E-state index in [-0.39, 0.29) is 23.8 Å². The summed E-state index contributed by atoms with van der Waals surface area (Å²) in [6, 6.07) is 20.2. The maximum atomic E-state index is 13.3. The lowest BCUT2D eigenvalue weighted by atomic mass is 9.94. The van der Waals surface area contributed by atoms with Gasteiger partial charge in [-0.3, -0.25) is 9.59 Å². The Bertz CT molecular complexity index is 840. The van der Waals surface area contributed by atoms with Gasteiger partial charge in [-0.15, -0.1) is 0 Å². The number of hydrogen-bond donors (Lipinski definition) is 0. The van der Waals surface area contributed by atoms with Crippen molar-refractivity contribution in [2.75, 3.05) is 13.1 Å². The number of piperidine rings is 1. The number of benzene rings is 2. The van der Waals surface area contributed by atoms with Gasteiger partial charge in [0.05, 0.1) is 0 Å². The van der Waals surface area contributed by atoms with Crippen molar-refractivity contribution in [3.05, 3.63) is 77.9 Å². The monoisotopic (exact) mass is 404 g/mol. The van der Waals surface area contributed by atoms with Gasteiger partial charge in [0.1, 0.15) is 0 Å². The molecule has 1 atom stereocenters. The summed E-state index contributed by atoms with van der Waals surface area (Å²) in [5.74, 6) is 0.234. The predicted octanol–water partition coefficient (Wildman–Crippen LogP) is 4.77. The quantitative estimate of drug-likeness (QED) is 0.624. The maximum absolute atomic E-state index is 13.3. The third-order valence-corrected chi connectivity index (χ3v) is 5.98. The normalized spacial score (nSPS) is 15.9. The molecule has 0 radical (unpaired) electrons. The number of nitrogens with zero attached hydrogens (tertiary/aromatic N) is 2. The molecule has 2 amide bonds. The molecule has 1 unspecified atom stereocenters. The van der Waals surface area contributed by atoms with Crippen molar-refractivity contribution < 1.29 is 9.59 Å². The molecule has 0 saturated carbocycles. The standard InChI is InChI=1S/C26H32N2O2/c1-3-21(2)28(20-23-12-8-5-9-13-23)26(30)24-16-18-27(19-17-24)25(29)15-14-22-10-6-4-7-11-22/h4-15,21,24H,3,16-20H2,1-2H3. The number of hydrogen-bond acceptors (Lipinski definition) is 2. The number of carbonyl (C=O) groups is 2. The Morgan fingerprint density at radius 3 is 2.23 bits per heavy atom. The third kappa shape index (κ3) is 5.82. The molecule has 4 heteroatoms. The van der Waals surface area contributed by atoms with Gasteiger partial charge in [0.15, 0.2) is 0 Å². The predicted molar refractivity (Wildman–Crippen MR) is 122 cm³/mol. The zero-order chi connectivity index (χ0) is 21.3. The van der Waals surface area contributed by atoms with E-state index < -0.39 is 0 Å². The van der Waals surface area contributed by atoms with Crippen molar-refractivity contribution in [3.8, 4) is 0 Å². The minimum atomic E-state index is -0.00938. The summed E-state index contributed by atoms with van der Waals surface area (Å²) < 4.78 is 0. The molecule has 1 aliphatic heterocycles. The van der Waals surface area contributed by atoms with Gasteiger partial charge in [-0.1, -0.05) is 67.6 Å². The van der Waals surface area contributed by atoms with Gasteiger partial charge in [-0.05, 0) is 43.4 Å². The maximum Gasteiger partial charge on any atom is 0.246 e. The lowest BCUT2D eigenvalue weighted by molar-refractivity contribution is -0.141. The topological polar surface area (TPSA) is 40.6 Å². The Balaban J connectivity index is 1.57. The van der Waals surface area contributed by atoms with E-state index in [1.807, 2.05) is 64.4 Å². The highest BCUT2D eigenvalue weighted by Gasteiger charge is 2.31. The van der Waals surface area contributed by atoms with E-state index in [1.54, 1.807) is 6.08 Å². The first-order valence-corrected chi connectivity index (χ1v) is 10.9. The lowest BCUT2D eigenvalue weighted by Crippen LogP contribution is -2.46. The second-order valence-corrected chi connectivity index (χ2v) is 8.05. The summed E-state index contributed by atoms with van der Waals surface area (Å²) >= 11 is 0. The molecule has 4 nitrogen and oxygen atoms in total. The van der Waals surface area contributed by atoms with Crippen molar-refractivity contribution in [1.82, 2.24) is 9.80 Å². The Hall–Kier alpha value is -2.88. The van der Waals surface area contributed by atoms with Crippen molar-refractivity contribution in [2.45, 2.75) is 45.7 Å². The largest absolute Gasteiger partial charge is 0.339 e. The van der Waals surface area contributed by atoms with Crippen LogP contribution in [0.4, 0.5) is 0 Å². The van der Waals surface area contributed by atoms with E-state index in [0.717, 1.165) is 30.4 Å². The summed E-state index contributed by atoms with van der Waals surface area (Å²) in [6.07, 6.45) is 5.87. The van der Waals surface area contributed by atoms with Gasteiger partial charge in [0, 0.05) is 37.7 Å².